The van der Waals surface area contributed by atoms with Crippen molar-refractivity contribution in [3.8, 4) is 50.3 Å². The standard InChI is InChI=1S/C49H31N5/c50-48(53-49-51-41-18-7-6-15-40(41)47(52-49)33-22-20-31(21-23-33)30-10-2-1-3-11-30)34-24-27-35(28-25-34)54-42-19-9-17-39-37-14-5-4-13-36(37)38-16-8-12-32-26-29-43(54)46(44(32)38)45(39)42/h1-29H,(H2,50,51,52,53). The summed E-state index contributed by atoms with van der Waals surface area (Å²) in [4.78, 5) is 13.0. The molecule has 2 aromatic heterocycles. The zero-order valence-corrected chi connectivity index (χ0v) is 29.1. The van der Waals surface area contributed by atoms with Crippen LogP contribution in [0.4, 0.5) is 0 Å². The number of fused-ring (bicyclic) bond motifs is 4. The van der Waals surface area contributed by atoms with Gasteiger partial charge in [0.25, 0.3) is 0 Å². The third-order valence-electron chi connectivity index (χ3n) is 10.8. The number of aromatic nitrogens is 3. The van der Waals surface area contributed by atoms with Crippen LogP contribution >= 0.6 is 0 Å². The molecule has 10 aromatic rings. The van der Waals surface area contributed by atoms with Crippen LogP contribution in [0.1, 0.15) is 5.56 Å². The first-order valence-corrected chi connectivity index (χ1v) is 18.2. The first-order valence-electron chi connectivity index (χ1n) is 18.2. The van der Waals surface area contributed by atoms with Gasteiger partial charge in [0.05, 0.1) is 22.2 Å². The summed E-state index contributed by atoms with van der Waals surface area (Å²) in [6, 6.07) is 61.6. The van der Waals surface area contributed by atoms with Gasteiger partial charge in [-0.3, -0.25) is 5.41 Å². The average Bonchev–Trinajstić information content (AvgIpc) is 3.52. The number of nitrogens with one attached hydrogen (secondary N) is 2. The Bertz CT molecular complexity index is 3210. The molecular formula is C49H31N5. The Morgan fingerprint density at radius 1 is 0.500 bits per heavy atom. The molecule has 0 fully saturated rings. The van der Waals surface area contributed by atoms with Crippen LogP contribution in [-0.4, -0.2) is 20.4 Å². The van der Waals surface area contributed by atoms with Gasteiger partial charge in [0.2, 0.25) is 5.62 Å². The maximum Gasteiger partial charge on any atom is 0.229 e. The van der Waals surface area contributed by atoms with E-state index in [1.165, 1.54) is 49.4 Å². The number of rotatable bonds is 4. The average molecular weight is 690 g/mol. The Morgan fingerprint density at radius 3 is 1.93 bits per heavy atom. The maximum absolute atomic E-state index is 9.07. The van der Waals surface area contributed by atoms with Crippen molar-refractivity contribution in [1.82, 2.24) is 14.5 Å². The lowest BCUT2D eigenvalue weighted by Crippen LogP contribution is -2.17. The van der Waals surface area contributed by atoms with E-state index in [9.17, 15) is 0 Å². The first-order chi connectivity index (χ1) is 26.7. The monoisotopic (exact) mass is 689 g/mol. The van der Waals surface area contributed by atoms with E-state index >= 15 is 0 Å². The highest BCUT2D eigenvalue weighted by atomic mass is 15.0. The molecule has 0 bridgehead atoms. The Kier molecular flexibility index (Phi) is 6.64. The van der Waals surface area contributed by atoms with Gasteiger partial charge >= 0.3 is 0 Å². The fourth-order valence-corrected chi connectivity index (χ4v) is 8.38. The molecule has 1 aliphatic carbocycles. The summed E-state index contributed by atoms with van der Waals surface area (Å²) in [5.41, 5.74) is 14.5. The van der Waals surface area contributed by atoms with Crippen LogP contribution in [0.25, 0.3) is 93.8 Å². The highest BCUT2D eigenvalue weighted by molar-refractivity contribution is 6.30. The van der Waals surface area contributed by atoms with Crippen LogP contribution in [0.3, 0.4) is 0 Å². The van der Waals surface area contributed by atoms with Crippen molar-refractivity contribution in [2.45, 2.75) is 0 Å². The predicted octanol–water partition coefficient (Wildman–Crippen LogP) is 11.7. The van der Waals surface area contributed by atoms with Gasteiger partial charge in [-0.25, -0.2) is 4.98 Å². The van der Waals surface area contributed by atoms with E-state index in [0.717, 1.165) is 44.4 Å². The van der Waals surface area contributed by atoms with Gasteiger partial charge < -0.3 is 9.55 Å². The van der Waals surface area contributed by atoms with Crippen molar-refractivity contribution < 1.29 is 0 Å². The van der Waals surface area contributed by atoms with E-state index in [2.05, 4.69) is 149 Å². The molecule has 0 radical (unpaired) electrons. The van der Waals surface area contributed by atoms with Gasteiger partial charge in [-0.15, -0.1) is 0 Å². The molecule has 2 heterocycles. The lowest BCUT2D eigenvalue weighted by atomic mass is 9.93. The van der Waals surface area contributed by atoms with Crippen LogP contribution < -0.4 is 5.62 Å². The number of hydrogen-bond acceptors (Lipinski definition) is 2. The maximum atomic E-state index is 9.07. The van der Waals surface area contributed by atoms with Crippen molar-refractivity contribution in [1.29, 1.82) is 5.41 Å². The number of para-hydroxylation sites is 1. The number of nitrogens with zero attached hydrogens (tertiary/aromatic N) is 3. The van der Waals surface area contributed by atoms with E-state index in [0.29, 0.717) is 11.2 Å². The molecule has 1 aliphatic rings. The SMILES string of the molecule is N=C(/N=c1/nc(-c2ccc(-c3ccccc3)cc2)c2ccccc2[nH]1)c1ccc(-n2c3cccc4c3c3c5c(cccc5ccc32)-c2ccccc2-4)cc1. The number of benzene rings is 8. The fraction of sp³-hybridized carbons (Fsp3) is 0. The van der Waals surface area contributed by atoms with Crippen LogP contribution in [-0.2, 0) is 0 Å². The Labute approximate surface area is 310 Å². The lowest BCUT2D eigenvalue weighted by molar-refractivity contribution is 1.05. The number of hydrogen-bond donors (Lipinski definition) is 2. The molecule has 0 atom stereocenters. The molecule has 0 saturated heterocycles. The molecule has 5 heteroatoms. The molecule has 2 N–H and O–H groups in total. The van der Waals surface area contributed by atoms with Gasteiger partial charge in [0.15, 0.2) is 5.84 Å². The zero-order chi connectivity index (χ0) is 35.8. The van der Waals surface area contributed by atoms with E-state index < -0.39 is 0 Å². The summed E-state index contributed by atoms with van der Waals surface area (Å²) in [7, 11) is 0. The quantitative estimate of drug-likeness (QED) is 0.140. The normalized spacial score (nSPS) is 12.3. The van der Waals surface area contributed by atoms with Crippen molar-refractivity contribution in [2.24, 2.45) is 4.99 Å². The van der Waals surface area contributed by atoms with Gasteiger partial charge in [-0.2, -0.15) is 4.99 Å². The number of amidine groups is 1. The molecule has 252 valence electrons. The molecule has 11 rings (SSSR count). The molecule has 0 spiro atoms. The summed E-state index contributed by atoms with van der Waals surface area (Å²) in [5, 5.41) is 15.1. The molecule has 0 amide bonds. The first kappa shape index (κ1) is 30.3. The minimum atomic E-state index is 0.136. The predicted molar refractivity (Wildman–Crippen MR) is 222 cm³/mol. The van der Waals surface area contributed by atoms with Crippen LogP contribution in [0.15, 0.2) is 181 Å². The summed E-state index contributed by atoms with van der Waals surface area (Å²) in [5.74, 6) is 0.136. The minimum Gasteiger partial charge on any atom is -0.323 e. The van der Waals surface area contributed by atoms with Crippen LogP contribution in [0, 0.1) is 5.41 Å². The second-order valence-electron chi connectivity index (χ2n) is 13.8. The Morgan fingerprint density at radius 2 is 1.13 bits per heavy atom. The van der Waals surface area contributed by atoms with Gasteiger partial charge in [-0.1, -0.05) is 133 Å². The van der Waals surface area contributed by atoms with E-state index in [1.807, 2.05) is 36.4 Å². The Balaban J connectivity index is 1.00. The fourth-order valence-electron chi connectivity index (χ4n) is 8.38. The van der Waals surface area contributed by atoms with Crippen molar-refractivity contribution >= 4 is 49.3 Å². The summed E-state index contributed by atoms with van der Waals surface area (Å²) >= 11 is 0. The second kappa shape index (κ2) is 11.8. The summed E-state index contributed by atoms with van der Waals surface area (Å²) in [6.07, 6.45) is 0. The summed E-state index contributed by atoms with van der Waals surface area (Å²) < 4.78 is 2.36. The largest absolute Gasteiger partial charge is 0.323 e. The van der Waals surface area contributed by atoms with Crippen LogP contribution in [0.5, 0.6) is 0 Å². The smallest absolute Gasteiger partial charge is 0.229 e. The molecule has 0 unspecified atom stereocenters. The summed E-state index contributed by atoms with van der Waals surface area (Å²) in [6.45, 7) is 0. The molecular weight excluding hydrogens is 659 g/mol. The lowest BCUT2D eigenvalue weighted by Gasteiger charge is -2.13. The molecule has 0 saturated carbocycles. The number of aromatic amines is 1. The molecule has 54 heavy (non-hydrogen) atoms. The zero-order valence-electron chi connectivity index (χ0n) is 29.1. The molecule has 5 nitrogen and oxygen atoms in total. The van der Waals surface area contributed by atoms with E-state index in [1.54, 1.807) is 0 Å². The van der Waals surface area contributed by atoms with Gasteiger partial charge in [0, 0.05) is 33.0 Å². The van der Waals surface area contributed by atoms with Crippen molar-refractivity contribution in [3.63, 3.8) is 0 Å². The van der Waals surface area contributed by atoms with E-state index in [4.69, 9.17) is 15.4 Å². The van der Waals surface area contributed by atoms with Crippen molar-refractivity contribution in [3.05, 3.63) is 187 Å². The van der Waals surface area contributed by atoms with Gasteiger partial charge in [0.1, 0.15) is 0 Å². The van der Waals surface area contributed by atoms with Crippen molar-refractivity contribution in [2.75, 3.05) is 0 Å². The Hall–Kier alpha value is -7.37. The third kappa shape index (κ3) is 4.62. The second-order valence-corrected chi connectivity index (χ2v) is 13.8. The van der Waals surface area contributed by atoms with Crippen LogP contribution in [0.2, 0.25) is 0 Å². The topological polar surface area (TPSA) is 69.8 Å². The number of H-pyrrole nitrogens is 1. The molecule has 0 aliphatic heterocycles. The minimum absolute atomic E-state index is 0.136. The van der Waals surface area contributed by atoms with Gasteiger partial charge in [-0.05, 0) is 86.6 Å². The van der Waals surface area contributed by atoms with E-state index in [-0.39, 0.29) is 5.84 Å². The molecule has 8 aromatic carbocycles. The third-order valence-corrected chi connectivity index (χ3v) is 10.8. The highest BCUT2D eigenvalue weighted by Crippen LogP contribution is 2.49. The highest BCUT2D eigenvalue weighted by Gasteiger charge is 2.24.